The number of ether oxygens (including phenoxy) is 2. The van der Waals surface area contributed by atoms with Crippen LogP contribution >= 0.6 is 23.4 Å². The summed E-state index contributed by atoms with van der Waals surface area (Å²) >= 11 is 7.48. The fraction of sp³-hybridized carbons (Fsp3) is 0.304. The largest absolute Gasteiger partial charge is 0.573 e. The maximum Gasteiger partial charge on any atom is 0.573 e. The molecular formula is C23H22ClF3N2O3S. The minimum atomic E-state index is -4.77. The lowest BCUT2D eigenvalue weighted by Gasteiger charge is -2.21. The SMILES string of the molecule is Cc1cc(-n2ccnc(Sc3ccc(OC(F)(F)F)cc3)c2=O)cc(Cl)c1OCC(C)(C)C. The van der Waals surface area contributed by atoms with Gasteiger partial charge >= 0.3 is 6.36 Å². The van der Waals surface area contributed by atoms with Crippen molar-refractivity contribution in [1.29, 1.82) is 0 Å². The van der Waals surface area contributed by atoms with Crippen molar-refractivity contribution in [2.24, 2.45) is 5.41 Å². The molecule has 0 aliphatic heterocycles. The first kappa shape index (κ1) is 25.0. The van der Waals surface area contributed by atoms with E-state index in [0.29, 0.717) is 28.0 Å². The van der Waals surface area contributed by atoms with Gasteiger partial charge in [-0.05, 0) is 54.3 Å². The van der Waals surface area contributed by atoms with Gasteiger partial charge in [-0.3, -0.25) is 9.36 Å². The predicted octanol–water partition coefficient (Wildman–Crippen LogP) is 6.67. The number of nitrogens with zero attached hydrogens (tertiary/aromatic N) is 2. The van der Waals surface area contributed by atoms with E-state index in [1.54, 1.807) is 12.1 Å². The monoisotopic (exact) mass is 498 g/mol. The Hall–Kier alpha value is -2.65. The number of benzene rings is 2. The molecule has 0 aliphatic carbocycles. The van der Waals surface area contributed by atoms with E-state index in [-0.39, 0.29) is 16.2 Å². The minimum Gasteiger partial charge on any atom is -0.491 e. The Kier molecular flexibility index (Phi) is 7.33. The molecule has 0 radical (unpaired) electrons. The number of aromatic nitrogens is 2. The second-order valence-electron chi connectivity index (χ2n) is 8.45. The quantitative estimate of drug-likeness (QED) is 0.380. The molecule has 3 rings (SSSR count). The molecule has 0 unspecified atom stereocenters. The van der Waals surface area contributed by atoms with E-state index in [2.05, 4.69) is 30.5 Å². The lowest BCUT2D eigenvalue weighted by molar-refractivity contribution is -0.274. The first-order valence-corrected chi connectivity index (χ1v) is 11.1. The Labute approximate surface area is 198 Å². The summed E-state index contributed by atoms with van der Waals surface area (Å²) in [5.41, 5.74) is 0.889. The zero-order valence-corrected chi connectivity index (χ0v) is 19.9. The van der Waals surface area contributed by atoms with Gasteiger partial charge < -0.3 is 9.47 Å². The third-order valence-electron chi connectivity index (χ3n) is 4.22. The summed E-state index contributed by atoms with van der Waals surface area (Å²) in [5, 5.41) is 0.538. The third-order valence-corrected chi connectivity index (χ3v) is 5.48. The average molecular weight is 499 g/mol. The van der Waals surface area contributed by atoms with Crippen molar-refractivity contribution in [3.63, 3.8) is 0 Å². The van der Waals surface area contributed by atoms with Gasteiger partial charge in [-0.15, -0.1) is 13.2 Å². The topological polar surface area (TPSA) is 53.4 Å². The summed E-state index contributed by atoms with van der Waals surface area (Å²) in [6.45, 7) is 8.49. The van der Waals surface area contributed by atoms with Crippen LogP contribution in [0, 0.1) is 12.3 Å². The number of hydrogen-bond acceptors (Lipinski definition) is 5. The maximum atomic E-state index is 13.0. The van der Waals surface area contributed by atoms with Crippen molar-refractivity contribution in [3.05, 3.63) is 69.7 Å². The van der Waals surface area contributed by atoms with Gasteiger partial charge in [0, 0.05) is 17.3 Å². The maximum absolute atomic E-state index is 13.0. The normalized spacial score (nSPS) is 12.0. The van der Waals surface area contributed by atoms with Gasteiger partial charge in [0.1, 0.15) is 11.5 Å². The number of aryl methyl sites for hydroxylation is 1. The van der Waals surface area contributed by atoms with E-state index in [4.69, 9.17) is 16.3 Å². The smallest absolute Gasteiger partial charge is 0.491 e. The van der Waals surface area contributed by atoms with Crippen LogP contribution in [0.2, 0.25) is 5.02 Å². The van der Waals surface area contributed by atoms with Crippen LogP contribution in [0.25, 0.3) is 5.69 Å². The van der Waals surface area contributed by atoms with Gasteiger partial charge in [-0.2, -0.15) is 0 Å². The average Bonchev–Trinajstić information content (AvgIpc) is 2.68. The van der Waals surface area contributed by atoms with Gasteiger partial charge in [0.15, 0.2) is 5.03 Å². The highest BCUT2D eigenvalue weighted by atomic mass is 35.5. The Morgan fingerprint density at radius 2 is 1.79 bits per heavy atom. The number of halogens is 4. The molecule has 1 aromatic heterocycles. The molecule has 1 heterocycles. The van der Waals surface area contributed by atoms with E-state index < -0.39 is 11.9 Å². The van der Waals surface area contributed by atoms with Crippen LogP contribution in [0.4, 0.5) is 13.2 Å². The number of alkyl halides is 3. The summed E-state index contributed by atoms with van der Waals surface area (Å²) in [6.07, 6.45) is -1.78. The van der Waals surface area contributed by atoms with Gasteiger partial charge in [0.25, 0.3) is 5.56 Å². The van der Waals surface area contributed by atoms with Crippen LogP contribution in [-0.2, 0) is 0 Å². The van der Waals surface area contributed by atoms with E-state index >= 15 is 0 Å². The van der Waals surface area contributed by atoms with Crippen molar-refractivity contribution in [2.45, 2.75) is 44.0 Å². The molecule has 0 saturated heterocycles. The molecule has 0 atom stereocenters. The zero-order valence-electron chi connectivity index (χ0n) is 18.4. The van der Waals surface area contributed by atoms with E-state index in [1.807, 2.05) is 6.92 Å². The second kappa shape index (κ2) is 9.69. The Morgan fingerprint density at radius 1 is 1.12 bits per heavy atom. The third kappa shape index (κ3) is 6.91. The highest BCUT2D eigenvalue weighted by Gasteiger charge is 2.31. The molecule has 3 aromatic rings. The van der Waals surface area contributed by atoms with Gasteiger partial charge in [-0.25, -0.2) is 4.98 Å². The van der Waals surface area contributed by atoms with Crippen LogP contribution in [0.3, 0.4) is 0 Å². The van der Waals surface area contributed by atoms with Crippen molar-refractivity contribution >= 4 is 23.4 Å². The highest BCUT2D eigenvalue weighted by Crippen LogP contribution is 2.33. The zero-order chi connectivity index (χ0) is 24.4. The Morgan fingerprint density at radius 3 is 2.36 bits per heavy atom. The van der Waals surface area contributed by atoms with Gasteiger partial charge in [-0.1, -0.05) is 44.1 Å². The van der Waals surface area contributed by atoms with Crippen molar-refractivity contribution in [1.82, 2.24) is 9.55 Å². The molecule has 176 valence electrons. The molecule has 0 fully saturated rings. The number of hydrogen-bond donors (Lipinski definition) is 0. The van der Waals surface area contributed by atoms with Crippen LogP contribution in [0.1, 0.15) is 26.3 Å². The van der Waals surface area contributed by atoms with Gasteiger partial charge in [0.2, 0.25) is 0 Å². The van der Waals surface area contributed by atoms with Crippen molar-refractivity contribution < 1.29 is 22.6 Å². The first-order chi connectivity index (χ1) is 15.3. The minimum absolute atomic E-state index is 0.0420. The summed E-state index contributed by atoms with van der Waals surface area (Å²) in [7, 11) is 0. The summed E-state index contributed by atoms with van der Waals surface area (Å²) < 4.78 is 48.1. The molecule has 5 nitrogen and oxygen atoms in total. The Balaban J connectivity index is 1.85. The van der Waals surface area contributed by atoms with Crippen LogP contribution in [-0.4, -0.2) is 22.5 Å². The van der Waals surface area contributed by atoms with Gasteiger partial charge in [0.05, 0.1) is 17.3 Å². The Bertz CT molecular complexity index is 1170. The summed E-state index contributed by atoms with van der Waals surface area (Å²) in [4.78, 5) is 17.7. The fourth-order valence-electron chi connectivity index (χ4n) is 2.81. The standard InChI is InChI=1S/C23H22ClF3N2O3S/c1-14-11-15(12-18(24)19(14)31-13-22(2,3)4)29-10-9-28-20(21(29)30)33-17-7-5-16(6-8-17)32-23(25,26)27/h5-12H,13H2,1-4H3. The lowest BCUT2D eigenvalue weighted by atomic mass is 9.98. The molecule has 2 aromatic carbocycles. The molecule has 0 bridgehead atoms. The molecule has 0 N–H and O–H groups in total. The second-order valence-corrected chi connectivity index (χ2v) is 9.92. The first-order valence-electron chi connectivity index (χ1n) is 9.87. The highest BCUT2D eigenvalue weighted by molar-refractivity contribution is 7.99. The molecule has 0 saturated carbocycles. The summed E-state index contributed by atoms with van der Waals surface area (Å²) in [5.74, 6) is 0.220. The lowest BCUT2D eigenvalue weighted by Crippen LogP contribution is -2.21. The predicted molar refractivity (Wildman–Crippen MR) is 122 cm³/mol. The molecule has 10 heteroatoms. The molecule has 0 amide bonds. The van der Waals surface area contributed by atoms with Crippen LogP contribution in [0.15, 0.2) is 63.5 Å². The van der Waals surface area contributed by atoms with E-state index in [9.17, 15) is 18.0 Å². The van der Waals surface area contributed by atoms with E-state index in [1.165, 1.54) is 41.2 Å². The molecule has 0 spiro atoms. The molecule has 33 heavy (non-hydrogen) atoms. The van der Waals surface area contributed by atoms with Crippen molar-refractivity contribution in [2.75, 3.05) is 6.61 Å². The fourth-order valence-corrected chi connectivity index (χ4v) is 3.92. The van der Waals surface area contributed by atoms with Crippen molar-refractivity contribution in [3.8, 4) is 17.2 Å². The number of rotatable bonds is 6. The van der Waals surface area contributed by atoms with Crippen LogP contribution < -0.4 is 15.0 Å². The molecule has 0 aliphatic rings. The molecular weight excluding hydrogens is 477 g/mol. The summed E-state index contributed by atoms with van der Waals surface area (Å²) in [6, 6.07) is 8.64. The van der Waals surface area contributed by atoms with E-state index in [0.717, 1.165) is 17.3 Å². The van der Waals surface area contributed by atoms with Crippen LogP contribution in [0.5, 0.6) is 11.5 Å².